The largest absolute Gasteiger partial charge is 0.444 e. The van der Waals surface area contributed by atoms with E-state index < -0.39 is 11.4 Å². The number of piperidine rings is 1. The molecule has 0 N–H and O–H groups in total. The number of carbonyl (C=O) groups excluding carboxylic acids is 1. The first-order valence-corrected chi connectivity index (χ1v) is 8.77. The normalized spacial score (nSPS) is 18.6. The summed E-state index contributed by atoms with van der Waals surface area (Å²) in [6.45, 7) is 7.47. The number of hydrogen-bond donors (Lipinski definition) is 0. The molecule has 2 aromatic rings. The number of amides is 1. The van der Waals surface area contributed by atoms with Crippen molar-refractivity contribution in [2.24, 2.45) is 5.92 Å². The molecule has 1 aromatic heterocycles. The highest BCUT2D eigenvalue weighted by molar-refractivity contribution is 6.31. The lowest BCUT2D eigenvalue weighted by Gasteiger charge is -2.34. The van der Waals surface area contributed by atoms with E-state index in [0.717, 1.165) is 12.8 Å². The highest BCUT2D eigenvalue weighted by Gasteiger charge is 2.28. The van der Waals surface area contributed by atoms with Crippen molar-refractivity contribution in [3.05, 3.63) is 23.0 Å². The van der Waals surface area contributed by atoms with E-state index >= 15 is 0 Å². The zero-order valence-electron chi connectivity index (χ0n) is 14.6. The first kappa shape index (κ1) is 17.9. The third-order valence-corrected chi connectivity index (χ3v) is 4.45. The van der Waals surface area contributed by atoms with E-state index in [0.29, 0.717) is 30.7 Å². The second-order valence-corrected chi connectivity index (χ2v) is 7.87. The Labute approximate surface area is 150 Å². The third kappa shape index (κ3) is 4.21. The minimum absolute atomic E-state index is 0.0510. The van der Waals surface area contributed by atoms with E-state index in [1.807, 2.05) is 20.8 Å². The Kier molecular flexibility index (Phi) is 4.86. The van der Waals surface area contributed by atoms with E-state index in [9.17, 15) is 9.18 Å². The fourth-order valence-corrected chi connectivity index (χ4v) is 3.21. The summed E-state index contributed by atoms with van der Waals surface area (Å²) < 4.78 is 20.7. The molecule has 1 saturated heterocycles. The quantitative estimate of drug-likeness (QED) is 0.807. The van der Waals surface area contributed by atoms with Crippen LogP contribution in [-0.4, -0.2) is 44.7 Å². The molecule has 1 aliphatic rings. The molecule has 8 heteroatoms. The smallest absolute Gasteiger partial charge is 0.410 e. The fraction of sp³-hybridized carbons (Fsp3) is 0.588. The molecule has 1 aromatic carbocycles. The number of ether oxygens (including phenoxy) is 1. The molecule has 25 heavy (non-hydrogen) atoms. The molecular formula is C17H22ClFN4O2. The number of aromatic nitrogens is 3. The van der Waals surface area contributed by atoms with Crippen LogP contribution >= 0.6 is 11.6 Å². The highest BCUT2D eigenvalue weighted by atomic mass is 35.5. The Morgan fingerprint density at radius 3 is 2.92 bits per heavy atom. The maximum atomic E-state index is 13.5. The number of rotatable bonds is 2. The predicted octanol–water partition coefficient (Wildman–Crippen LogP) is 3.87. The predicted molar refractivity (Wildman–Crippen MR) is 93.0 cm³/mol. The van der Waals surface area contributed by atoms with E-state index in [1.54, 1.807) is 15.6 Å². The monoisotopic (exact) mass is 368 g/mol. The van der Waals surface area contributed by atoms with Crippen molar-refractivity contribution in [3.8, 4) is 0 Å². The van der Waals surface area contributed by atoms with Crippen molar-refractivity contribution in [2.45, 2.75) is 45.8 Å². The Morgan fingerprint density at radius 2 is 2.20 bits per heavy atom. The van der Waals surface area contributed by atoms with E-state index in [-0.39, 0.29) is 17.0 Å². The first-order chi connectivity index (χ1) is 11.7. The summed E-state index contributed by atoms with van der Waals surface area (Å²) in [5.74, 6) is -0.273. The molecular weight excluding hydrogens is 347 g/mol. The Hall–Kier alpha value is -1.89. The van der Waals surface area contributed by atoms with Gasteiger partial charge in [-0.3, -0.25) is 0 Å². The second-order valence-electron chi connectivity index (χ2n) is 7.46. The number of hydrogen-bond acceptors (Lipinski definition) is 4. The summed E-state index contributed by atoms with van der Waals surface area (Å²) in [4.78, 5) is 14.0. The van der Waals surface area contributed by atoms with Crippen LogP contribution in [0.3, 0.4) is 0 Å². The van der Waals surface area contributed by atoms with Crippen LogP contribution in [0.4, 0.5) is 9.18 Å². The molecule has 0 radical (unpaired) electrons. The van der Waals surface area contributed by atoms with Gasteiger partial charge < -0.3 is 9.64 Å². The van der Waals surface area contributed by atoms with Gasteiger partial charge in [-0.15, -0.1) is 5.10 Å². The maximum absolute atomic E-state index is 13.5. The van der Waals surface area contributed by atoms with Crippen molar-refractivity contribution in [2.75, 3.05) is 13.1 Å². The number of halogens is 2. The molecule has 6 nitrogen and oxygen atoms in total. The van der Waals surface area contributed by atoms with Crippen LogP contribution in [0.5, 0.6) is 0 Å². The number of nitrogens with zero attached hydrogens (tertiary/aromatic N) is 4. The van der Waals surface area contributed by atoms with E-state index in [1.165, 1.54) is 6.07 Å². The highest BCUT2D eigenvalue weighted by Crippen LogP contribution is 2.24. The first-order valence-electron chi connectivity index (χ1n) is 8.39. The van der Waals surface area contributed by atoms with Crippen LogP contribution in [0.15, 0.2) is 12.1 Å². The number of benzene rings is 1. The lowest BCUT2D eigenvalue weighted by molar-refractivity contribution is 0.0155. The average molecular weight is 369 g/mol. The van der Waals surface area contributed by atoms with E-state index in [4.69, 9.17) is 16.3 Å². The molecule has 1 unspecified atom stereocenters. The van der Waals surface area contributed by atoms with Crippen molar-refractivity contribution in [1.82, 2.24) is 19.9 Å². The fourth-order valence-electron chi connectivity index (χ4n) is 3.05. The lowest BCUT2D eigenvalue weighted by Crippen LogP contribution is -2.43. The summed E-state index contributed by atoms with van der Waals surface area (Å²) >= 11 is 5.87. The summed E-state index contributed by atoms with van der Waals surface area (Å²) in [5.41, 5.74) is 0.662. The molecule has 3 rings (SSSR count). The summed E-state index contributed by atoms with van der Waals surface area (Å²) in [6, 6.07) is 2.83. The molecule has 2 heterocycles. The Balaban J connectivity index is 1.71. The van der Waals surface area contributed by atoms with Crippen LogP contribution in [0.1, 0.15) is 33.6 Å². The number of fused-ring (bicyclic) bond motifs is 1. The average Bonchev–Trinajstić information content (AvgIpc) is 2.88. The second kappa shape index (κ2) is 6.78. The molecule has 1 fully saturated rings. The summed E-state index contributed by atoms with van der Waals surface area (Å²) in [7, 11) is 0. The minimum Gasteiger partial charge on any atom is -0.444 e. The zero-order chi connectivity index (χ0) is 18.2. The molecule has 0 saturated carbocycles. The van der Waals surface area contributed by atoms with Gasteiger partial charge in [-0.25, -0.2) is 13.9 Å². The van der Waals surface area contributed by atoms with Crippen molar-refractivity contribution in [3.63, 3.8) is 0 Å². The van der Waals surface area contributed by atoms with Gasteiger partial charge in [0.15, 0.2) is 0 Å². The summed E-state index contributed by atoms with van der Waals surface area (Å²) in [5, 5.41) is 8.16. The van der Waals surface area contributed by atoms with Gasteiger partial charge in [0, 0.05) is 25.7 Å². The maximum Gasteiger partial charge on any atom is 0.410 e. The molecule has 1 amide bonds. The van der Waals surface area contributed by atoms with Crippen molar-refractivity contribution < 1.29 is 13.9 Å². The van der Waals surface area contributed by atoms with Gasteiger partial charge in [0.2, 0.25) is 0 Å². The van der Waals surface area contributed by atoms with Crippen LogP contribution in [0, 0.1) is 11.7 Å². The molecule has 136 valence electrons. The van der Waals surface area contributed by atoms with Gasteiger partial charge >= 0.3 is 6.09 Å². The molecule has 0 spiro atoms. The molecule has 1 aliphatic heterocycles. The van der Waals surface area contributed by atoms with Crippen LogP contribution < -0.4 is 0 Å². The van der Waals surface area contributed by atoms with Crippen LogP contribution in [-0.2, 0) is 11.3 Å². The Morgan fingerprint density at radius 1 is 1.44 bits per heavy atom. The Bertz CT molecular complexity index is 787. The van der Waals surface area contributed by atoms with Gasteiger partial charge in [0.05, 0.1) is 10.5 Å². The number of likely N-dealkylation sites (tertiary alicyclic amines) is 1. The molecule has 0 aliphatic carbocycles. The lowest BCUT2D eigenvalue weighted by atomic mass is 9.98. The topological polar surface area (TPSA) is 60.2 Å². The van der Waals surface area contributed by atoms with E-state index in [2.05, 4.69) is 10.3 Å². The van der Waals surface area contributed by atoms with Crippen molar-refractivity contribution >= 4 is 28.7 Å². The van der Waals surface area contributed by atoms with Crippen LogP contribution in [0.2, 0.25) is 5.02 Å². The van der Waals surface area contributed by atoms with Gasteiger partial charge in [-0.2, -0.15) is 0 Å². The standard InChI is InChI=1S/C17H22ClFN4O2/c1-17(2,3)25-16(24)22-6-4-5-11(9-22)10-23-15-7-12(18)13(19)8-14(15)20-21-23/h7-8,11H,4-6,9-10H2,1-3H3. The van der Waals surface area contributed by atoms with Gasteiger partial charge in [0.1, 0.15) is 16.9 Å². The van der Waals surface area contributed by atoms with Gasteiger partial charge in [0.25, 0.3) is 0 Å². The third-order valence-electron chi connectivity index (χ3n) is 4.16. The molecule has 1 atom stereocenters. The summed E-state index contributed by atoms with van der Waals surface area (Å²) in [6.07, 6.45) is 1.60. The minimum atomic E-state index is -0.507. The molecule has 0 bridgehead atoms. The zero-order valence-corrected chi connectivity index (χ0v) is 15.4. The number of carbonyl (C=O) groups is 1. The SMILES string of the molecule is CC(C)(C)OC(=O)N1CCCC(Cn2nnc3cc(F)c(Cl)cc32)C1. The van der Waals surface area contributed by atoms with Gasteiger partial charge in [-0.05, 0) is 45.6 Å². The van der Waals surface area contributed by atoms with Crippen LogP contribution in [0.25, 0.3) is 11.0 Å². The van der Waals surface area contributed by atoms with Crippen molar-refractivity contribution in [1.29, 1.82) is 0 Å². The van der Waals surface area contributed by atoms with Gasteiger partial charge in [-0.1, -0.05) is 16.8 Å².